The van der Waals surface area contributed by atoms with Crippen LogP contribution in [-0.4, -0.2) is 31.6 Å². The van der Waals surface area contributed by atoms with E-state index in [1.807, 2.05) is 0 Å². The van der Waals surface area contributed by atoms with Crippen molar-refractivity contribution < 1.29 is 9.90 Å². The Kier molecular flexibility index (Phi) is 3.18. The Balaban J connectivity index is 2.20. The van der Waals surface area contributed by atoms with Crippen molar-refractivity contribution in [2.24, 2.45) is 0 Å². The zero-order valence-electron chi connectivity index (χ0n) is 9.38. The van der Waals surface area contributed by atoms with Crippen LogP contribution in [0.15, 0.2) is 5.16 Å². The van der Waals surface area contributed by atoms with Gasteiger partial charge in [0.25, 0.3) is 0 Å². The molecular formula is C10H15N3O2S. The summed E-state index contributed by atoms with van der Waals surface area (Å²) in [5, 5.41) is 17.6. The summed E-state index contributed by atoms with van der Waals surface area (Å²) in [5.74, 6) is 0.521. The molecule has 0 bridgehead atoms. The summed E-state index contributed by atoms with van der Waals surface area (Å²) in [4.78, 5) is 10.5. The van der Waals surface area contributed by atoms with E-state index in [-0.39, 0.29) is 5.75 Å². The predicted octanol–water partition coefficient (Wildman–Crippen LogP) is 1.91. The lowest BCUT2D eigenvalue weighted by atomic mass is 10.2. The van der Waals surface area contributed by atoms with Gasteiger partial charge in [0.05, 0.1) is 5.75 Å². The van der Waals surface area contributed by atoms with E-state index in [9.17, 15) is 4.79 Å². The van der Waals surface area contributed by atoms with E-state index in [0.717, 1.165) is 23.8 Å². The van der Waals surface area contributed by atoms with E-state index in [0.29, 0.717) is 12.0 Å². The summed E-state index contributed by atoms with van der Waals surface area (Å²) in [6, 6.07) is 0.490. The molecule has 0 saturated heterocycles. The van der Waals surface area contributed by atoms with E-state index in [1.54, 1.807) is 0 Å². The first-order valence-electron chi connectivity index (χ1n) is 5.39. The molecule has 2 rings (SSSR count). The van der Waals surface area contributed by atoms with Gasteiger partial charge in [-0.3, -0.25) is 4.79 Å². The maximum absolute atomic E-state index is 10.5. The summed E-state index contributed by atoms with van der Waals surface area (Å²) in [7, 11) is 0. The van der Waals surface area contributed by atoms with Gasteiger partial charge in [0, 0.05) is 12.0 Å². The second-order valence-corrected chi connectivity index (χ2v) is 5.22. The van der Waals surface area contributed by atoms with Crippen LogP contribution in [0.25, 0.3) is 0 Å². The van der Waals surface area contributed by atoms with E-state index in [4.69, 9.17) is 5.11 Å². The van der Waals surface area contributed by atoms with Crippen LogP contribution in [0, 0.1) is 0 Å². The first-order chi connectivity index (χ1) is 7.59. The maximum atomic E-state index is 10.5. The zero-order chi connectivity index (χ0) is 11.7. The Hall–Kier alpha value is -1.04. The fourth-order valence-corrected chi connectivity index (χ4v) is 2.32. The molecule has 1 N–H and O–H groups in total. The van der Waals surface area contributed by atoms with Gasteiger partial charge in [0.15, 0.2) is 5.16 Å². The number of aliphatic carboxylic acids is 1. The van der Waals surface area contributed by atoms with Crippen LogP contribution >= 0.6 is 11.8 Å². The monoisotopic (exact) mass is 241 g/mol. The maximum Gasteiger partial charge on any atom is 0.313 e. The number of hydrogen-bond acceptors (Lipinski definition) is 4. The smallest absolute Gasteiger partial charge is 0.313 e. The van der Waals surface area contributed by atoms with Gasteiger partial charge in [-0.05, 0) is 12.8 Å². The van der Waals surface area contributed by atoms with Gasteiger partial charge in [0.2, 0.25) is 0 Å². The molecule has 0 unspecified atom stereocenters. The Labute approximate surface area is 98.3 Å². The molecule has 1 aromatic rings. The van der Waals surface area contributed by atoms with Crippen LogP contribution in [0.1, 0.15) is 44.5 Å². The van der Waals surface area contributed by atoms with Crippen LogP contribution in [0.4, 0.5) is 0 Å². The van der Waals surface area contributed by atoms with Gasteiger partial charge in [-0.2, -0.15) is 0 Å². The summed E-state index contributed by atoms with van der Waals surface area (Å²) in [5.41, 5.74) is 0. The van der Waals surface area contributed by atoms with Crippen molar-refractivity contribution in [1.82, 2.24) is 14.8 Å². The van der Waals surface area contributed by atoms with Crippen LogP contribution in [0.2, 0.25) is 0 Å². The highest BCUT2D eigenvalue weighted by Gasteiger charge is 2.30. The largest absolute Gasteiger partial charge is 0.481 e. The second-order valence-electron chi connectivity index (χ2n) is 4.28. The van der Waals surface area contributed by atoms with E-state index in [2.05, 4.69) is 28.6 Å². The van der Waals surface area contributed by atoms with Gasteiger partial charge in [-0.25, -0.2) is 0 Å². The molecular weight excluding hydrogens is 226 g/mol. The van der Waals surface area contributed by atoms with Gasteiger partial charge in [0.1, 0.15) is 5.82 Å². The fraction of sp³-hybridized carbons (Fsp3) is 0.700. The predicted molar refractivity (Wildman–Crippen MR) is 60.7 cm³/mol. The molecule has 1 saturated carbocycles. The van der Waals surface area contributed by atoms with Gasteiger partial charge in [-0.1, -0.05) is 25.6 Å². The lowest BCUT2D eigenvalue weighted by Gasteiger charge is -2.09. The first-order valence-corrected chi connectivity index (χ1v) is 6.37. The third-order valence-electron chi connectivity index (χ3n) is 2.44. The summed E-state index contributed by atoms with van der Waals surface area (Å²) in [6.07, 6.45) is 2.30. The Morgan fingerprint density at radius 2 is 2.25 bits per heavy atom. The van der Waals surface area contributed by atoms with E-state index in [1.165, 1.54) is 11.8 Å². The van der Waals surface area contributed by atoms with Gasteiger partial charge >= 0.3 is 5.97 Å². The van der Waals surface area contributed by atoms with Crippen molar-refractivity contribution in [2.75, 3.05) is 5.75 Å². The number of nitrogens with zero attached hydrogens (tertiary/aromatic N) is 3. The van der Waals surface area contributed by atoms with Gasteiger partial charge in [-0.15, -0.1) is 10.2 Å². The number of carboxylic acid groups (broad SMARTS) is 1. The lowest BCUT2D eigenvalue weighted by molar-refractivity contribution is -0.133. The molecule has 0 radical (unpaired) electrons. The summed E-state index contributed by atoms with van der Waals surface area (Å²) in [6.45, 7) is 4.16. The van der Waals surface area contributed by atoms with Crippen molar-refractivity contribution in [3.63, 3.8) is 0 Å². The number of hydrogen-bond donors (Lipinski definition) is 1. The molecule has 0 atom stereocenters. The average Bonchev–Trinajstić information content (AvgIpc) is 2.95. The molecule has 1 heterocycles. The minimum Gasteiger partial charge on any atom is -0.481 e. The van der Waals surface area contributed by atoms with Crippen molar-refractivity contribution in [1.29, 1.82) is 0 Å². The zero-order valence-corrected chi connectivity index (χ0v) is 10.2. The van der Waals surface area contributed by atoms with E-state index >= 15 is 0 Å². The highest BCUT2D eigenvalue weighted by molar-refractivity contribution is 7.99. The number of carboxylic acids is 1. The second kappa shape index (κ2) is 4.45. The van der Waals surface area contributed by atoms with Crippen LogP contribution in [-0.2, 0) is 4.79 Å². The van der Waals surface area contributed by atoms with Crippen LogP contribution < -0.4 is 0 Å². The molecule has 1 aliphatic carbocycles. The Bertz CT molecular complexity index is 399. The Morgan fingerprint density at radius 1 is 1.56 bits per heavy atom. The molecule has 1 fully saturated rings. The quantitative estimate of drug-likeness (QED) is 0.797. The SMILES string of the molecule is CC(C)c1nnc(SCC(=O)O)n1C1CC1. The average molecular weight is 241 g/mol. The van der Waals surface area contributed by atoms with Crippen LogP contribution in [0.5, 0.6) is 0 Å². The highest BCUT2D eigenvalue weighted by atomic mass is 32.2. The number of thioether (sulfide) groups is 1. The number of rotatable bonds is 5. The minimum atomic E-state index is -0.818. The molecule has 1 aliphatic rings. The molecule has 0 aliphatic heterocycles. The number of carbonyl (C=O) groups is 1. The molecule has 6 heteroatoms. The fourth-order valence-electron chi connectivity index (χ4n) is 1.58. The lowest BCUT2D eigenvalue weighted by Crippen LogP contribution is -2.06. The summed E-state index contributed by atoms with van der Waals surface area (Å²) >= 11 is 1.25. The molecule has 0 aromatic carbocycles. The Morgan fingerprint density at radius 3 is 2.75 bits per heavy atom. The molecule has 0 amide bonds. The molecule has 88 valence electrons. The molecule has 16 heavy (non-hydrogen) atoms. The number of aromatic nitrogens is 3. The van der Waals surface area contributed by atoms with Crippen molar-refractivity contribution in [3.05, 3.63) is 5.82 Å². The van der Waals surface area contributed by atoms with Gasteiger partial charge < -0.3 is 9.67 Å². The van der Waals surface area contributed by atoms with E-state index < -0.39 is 5.97 Å². The molecule has 0 spiro atoms. The third kappa shape index (κ3) is 2.37. The molecule has 1 aromatic heterocycles. The minimum absolute atomic E-state index is 0.0446. The van der Waals surface area contributed by atoms with Crippen molar-refractivity contribution in [2.45, 2.75) is 43.8 Å². The summed E-state index contributed by atoms with van der Waals surface area (Å²) < 4.78 is 2.11. The normalized spacial score (nSPS) is 15.7. The third-order valence-corrected chi connectivity index (χ3v) is 3.37. The topological polar surface area (TPSA) is 68.0 Å². The van der Waals surface area contributed by atoms with Crippen molar-refractivity contribution >= 4 is 17.7 Å². The van der Waals surface area contributed by atoms with Crippen molar-refractivity contribution in [3.8, 4) is 0 Å². The molecule has 5 nitrogen and oxygen atoms in total. The van der Waals surface area contributed by atoms with Crippen LogP contribution in [0.3, 0.4) is 0 Å². The first kappa shape index (κ1) is 11.4. The standard InChI is InChI=1S/C10H15N3O2S/c1-6(2)9-11-12-10(16-5-8(14)15)13(9)7-3-4-7/h6-7H,3-5H2,1-2H3,(H,14,15). The highest BCUT2D eigenvalue weighted by Crippen LogP contribution is 2.39.